The third kappa shape index (κ3) is 2.61. The van der Waals surface area contributed by atoms with Gasteiger partial charge in [0, 0.05) is 38.3 Å². The molecule has 1 aromatic rings. The summed E-state index contributed by atoms with van der Waals surface area (Å²) < 4.78 is 0. The molecule has 0 aromatic carbocycles. The molecule has 1 aromatic heterocycles. The molecule has 0 amide bonds. The van der Waals surface area contributed by atoms with Crippen molar-refractivity contribution in [1.82, 2.24) is 20.2 Å². The molecule has 0 radical (unpaired) electrons. The Hall–Kier alpha value is -0.910. The largest absolute Gasteiger partial charge is 0.383 e. The van der Waals surface area contributed by atoms with Crippen molar-refractivity contribution in [1.29, 1.82) is 0 Å². The number of nitrogens with one attached hydrogen (secondary N) is 1. The molecule has 0 aliphatic carbocycles. The van der Waals surface area contributed by atoms with Crippen molar-refractivity contribution in [3.05, 3.63) is 16.5 Å². The topological polar surface area (TPSA) is 67.1 Å². The molecule has 0 unspecified atom stereocenters. The monoisotopic (exact) mass is 241 g/mol. The SMILES string of the molecule is Cc1nc(N)c(CN2CCNCC2)c(Cl)n1. The normalized spacial score (nSPS) is 17.6. The van der Waals surface area contributed by atoms with E-state index in [-0.39, 0.29) is 0 Å². The molecule has 0 spiro atoms. The van der Waals surface area contributed by atoms with Crippen molar-refractivity contribution in [2.75, 3.05) is 31.9 Å². The van der Waals surface area contributed by atoms with Crippen LogP contribution in [0.25, 0.3) is 0 Å². The van der Waals surface area contributed by atoms with Crippen molar-refractivity contribution in [2.24, 2.45) is 0 Å². The van der Waals surface area contributed by atoms with Crippen LogP contribution in [-0.4, -0.2) is 41.0 Å². The Morgan fingerprint density at radius 3 is 2.69 bits per heavy atom. The van der Waals surface area contributed by atoms with Crippen LogP contribution in [0, 0.1) is 6.92 Å². The Morgan fingerprint density at radius 2 is 2.06 bits per heavy atom. The number of piperazine rings is 1. The van der Waals surface area contributed by atoms with Crippen LogP contribution in [0.4, 0.5) is 5.82 Å². The molecular formula is C10H16ClN5. The van der Waals surface area contributed by atoms with E-state index in [0.717, 1.165) is 38.3 Å². The Morgan fingerprint density at radius 1 is 1.38 bits per heavy atom. The summed E-state index contributed by atoms with van der Waals surface area (Å²) in [6.45, 7) is 6.53. The number of hydrogen-bond donors (Lipinski definition) is 2. The Labute approximate surface area is 100 Å². The molecule has 0 bridgehead atoms. The second-order valence-corrected chi connectivity index (χ2v) is 4.31. The van der Waals surface area contributed by atoms with Gasteiger partial charge in [0.2, 0.25) is 0 Å². The van der Waals surface area contributed by atoms with Gasteiger partial charge in [-0.2, -0.15) is 0 Å². The molecule has 1 saturated heterocycles. The van der Waals surface area contributed by atoms with Crippen LogP contribution in [0.15, 0.2) is 0 Å². The van der Waals surface area contributed by atoms with Crippen molar-refractivity contribution in [3.63, 3.8) is 0 Å². The van der Waals surface area contributed by atoms with Crippen LogP contribution in [0.1, 0.15) is 11.4 Å². The maximum atomic E-state index is 6.08. The fraction of sp³-hybridized carbons (Fsp3) is 0.600. The lowest BCUT2D eigenvalue weighted by Gasteiger charge is -2.27. The average molecular weight is 242 g/mol. The summed E-state index contributed by atoms with van der Waals surface area (Å²) in [4.78, 5) is 10.6. The highest BCUT2D eigenvalue weighted by atomic mass is 35.5. The minimum Gasteiger partial charge on any atom is -0.383 e. The molecule has 1 fully saturated rings. The standard InChI is InChI=1S/C10H16ClN5/c1-7-14-9(11)8(10(12)15-7)6-16-4-2-13-3-5-16/h13H,2-6H2,1H3,(H2,12,14,15). The molecule has 1 aliphatic heterocycles. The van der Waals surface area contributed by atoms with Gasteiger partial charge in [0.05, 0.1) is 0 Å². The van der Waals surface area contributed by atoms with Crippen LogP contribution in [0.5, 0.6) is 0 Å². The van der Waals surface area contributed by atoms with Gasteiger partial charge in [-0.3, -0.25) is 4.90 Å². The maximum absolute atomic E-state index is 6.08. The van der Waals surface area contributed by atoms with E-state index in [1.54, 1.807) is 6.92 Å². The Balaban J connectivity index is 2.14. The lowest BCUT2D eigenvalue weighted by atomic mass is 10.2. The number of nitrogens with zero attached hydrogens (tertiary/aromatic N) is 3. The maximum Gasteiger partial charge on any atom is 0.139 e. The van der Waals surface area contributed by atoms with Crippen molar-refractivity contribution < 1.29 is 0 Å². The van der Waals surface area contributed by atoms with Gasteiger partial charge in [-0.15, -0.1) is 0 Å². The van der Waals surface area contributed by atoms with Gasteiger partial charge in [-0.1, -0.05) is 11.6 Å². The molecule has 16 heavy (non-hydrogen) atoms. The first-order valence-electron chi connectivity index (χ1n) is 5.38. The van der Waals surface area contributed by atoms with Gasteiger partial charge in [-0.25, -0.2) is 9.97 Å². The summed E-state index contributed by atoms with van der Waals surface area (Å²) in [5.74, 6) is 1.11. The number of halogens is 1. The van der Waals surface area contributed by atoms with Crippen molar-refractivity contribution >= 4 is 17.4 Å². The first-order chi connectivity index (χ1) is 7.66. The number of aromatic nitrogens is 2. The summed E-state index contributed by atoms with van der Waals surface area (Å²) in [5, 5.41) is 3.78. The number of nitrogens with two attached hydrogens (primary N) is 1. The molecule has 1 aliphatic rings. The van der Waals surface area contributed by atoms with Crippen LogP contribution >= 0.6 is 11.6 Å². The Bertz CT molecular complexity index is 352. The summed E-state index contributed by atoms with van der Waals surface area (Å²) >= 11 is 6.08. The zero-order valence-electron chi connectivity index (χ0n) is 9.33. The molecule has 2 rings (SSSR count). The van der Waals surface area contributed by atoms with Gasteiger partial charge in [0.1, 0.15) is 16.8 Å². The highest BCUT2D eigenvalue weighted by Gasteiger charge is 2.15. The second-order valence-electron chi connectivity index (χ2n) is 3.95. The van der Waals surface area contributed by atoms with Crippen molar-refractivity contribution in [2.45, 2.75) is 13.5 Å². The minimum absolute atomic E-state index is 0.475. The molecule has 6 heteroatoms. The van der Waals surface area contributed by atoms with Gasteiger partial charge in [0.15, 0.2) is 0 Å². The minimum atomic E-state index is 0.475. The molecule has 0 atom stereocenters. The predicted molar refractivity (Wildman–Crippen MR) is 64.3 cm³/mol. The summed E-state index contributed by atoms with van der Waals surface area (Å²) in [6.07, 6.45) is 0. The number of aryl methyl sites for hydroxylation is 1. The average Bonchev–Trinajstić information content (AvgIpc) is 2.25. The lowest BCUT2D eigenvalue weighted by Crippen LogP contribution is -2.43. The van der Waals surface area contributed by atoms with E-state index in [1.165, 1.54) is 0 Å². The van der Waals surface area contributed by atoms with E-state index in [1.807, 2.05) is 0 Å². The number of rotatable bonds is 2. The van der Waals surface area contributed by atoms with Crippen molar-refractivity contribution in [3.8, 4) is 0 Å². The molecular weight excluding hydrogens is 226 g/mol. The number of anilines is 1. The zero-order valence-corrected chi connectivity index (χ0v) is 10.1. The molecule has 2 heterocycles. The van der Waals surface area contributed by atoms with E-state index in [0.29, 0.717) is 16.8 Å². The van der Waals surface area contributed by atoms with E-state index < -0.39 is 0 Å². The van der Waals surface area contributed by atoms with Gasteiger partial charge in [-0.05, 0) is 6.92 Å². The van der Waals surface area contributed by atoms with E-state index in [9.17, 15) is 0 Å². The fourth-order valence-electron chi connectivity index (χ4n) is 1.82. The first kappa shape index (κ1) is 11.6. The third-order valence-corrected chi connectivity index (χ3v) is 3.00. The predicted octanol–water partition coefficient (Wildman–Crippen LogP) is 0.426. The quantitative estimate of drug-likeness (QED) is 0.735. The van der Waals surface area contributed by atoms with Crippen LogP contribution in [0.3, 0.4) is 0 Å². The smallest absolute Gasteiger partial charge is 0.139 e. The van der Waals surface area contributed by atoms with E-state index in [2.05, 4.69) is 20.2 Å². The molecule has 3 N–H and O–H groups in total. The molecule has 5 nitrogen and oxygen atoms in total. The van der Waals surface area contributed by atoms with E-state index >= 15 is 0 Å². The van der Waals surface area contributed by atoms with E-state index in [4.69, 9.17) is 17.3 Å². The second kappa shape index (κ2) is 4.95. The third-order valence-electron chi connectivity index (χ3n) is 2.69. The summed E-state index contributed by atoms with van der Waals surface area (Å²) in [7, 11) is 0. The lowest BCUT2D eigenvalue weighted by molar-refractivity contribution is 0.233. The zero-order chi connectivity index (χ0) is 11.5. The number of hydrogen-bond acceptors (Lipinski definition) is 5. The van der Waals surface area contributed by atoms with Gasteiger partial charge >= 0.3 is 0 Å². The Kier molecular flexibility index (Phi) is 3.58. The molecule has 0 saturated carbocycles. The van der Waals surface area contributed by atoms with Crippen LogP contribution in [-0.2, 0) is 6.54 Å². The van der Waals surface area contributed by atoms with Gasteiger partial charge < -0.3 is 11.1 Å². The first-order valence-corrected chi connectivity index (χ1v) is 5.76. The van der Waals surface area contributed by atoms with Crippen LogP contribution in [0.2, 0.25) is 5.15 Å². The summed E-state index contributed by atoms with van der Waals surface area (Å²) in [6, 6.07) is 0. The number of nitrogen functional groups attached to an aromatic ring is 1. The highest BCUT2D eigenvalue weighted by Crippen LogP contribution is 2.20. The molecule has 88 valence electrons. The van der Waals surface area contributed by atoms with Crippen LogP contribution < -0.4 is 11.1 Å². The fourth-order valence-corrected chi connectivity index (χ4v) is 2.10. The summed E-state index contributed by atoms with van der Waals surface area (Å²) in [5.41, 5.74) is 6.70. The highest BCUT2D eigenvalue weighted by molar-refractivity contribution is 6.30. The van der Waals surface area contributed by atoms with Gasteiger partial charge in [0.25, 0.3) is 0 Å².